The molecule has 0 saturated carbocycles. The summed E-state index contributed by atoms with van der Waals surface area (Å²) in [5.41, 5.74) is 0. The van der Waals surface area contributed by atoms with Crippen molar-refractivity contribution >= 4 is 0 Å². The highest BCUT2D eigenvalue weighted by Gasteiger charge is 1.03. The second kappa shape index (κ2) is 506. The van der Waals surface area contributed by atoms with E-state index < -0.39 is 0 Å². The molecule has 0 saturated heterocycles. The van der Waals surface area contributed by atoms with Crippen LogP contribution in [0, 0.1) is 7.18 Å². The summed E-state index contributed by atoms with van der Waals surface area (Å²) < 4.78 is 8.75. The molecule has 43 valence electrons. The molecule has 0 N–H and O–H groups in total. The Hall–Kier alpha value is -0.350. The van der Waals surface area contributed by atoms with E-state index >= 15 is 0 Å². The van der Waals surface area contributed by atoms with E-state index in [0.717, 1.165) is 0 Å². The molecule has 0 nitrogen and oxygen atoms in total. The van der Waals surface area contributed by atoms with Crippen molar-refractivity contribution in [2.75, 3.05) is 0 Å². The lowest BCUT2D eigenvalue weighted by molar-refractivity contribution is 0.713. The predicted octanol–water partition coefficient (Wildman–Crippen LogP) is 1.11. The van der Waals surface area contributed by atoms with Gasteiger partial charge in [-0.2, -0.15) is 0 Å². The largest absolute Gasteiger partial charge is 0.269 e. The lowest BCUT2D eigenvalue weighted by atomic mass is 11.9. The third-order valence-corrected chi connectivity index (χ3v) is 0. The van der Waals surface area contributed by atoms with E-state index in [0.29, 0.717) is 0 Å². The Morgan fingerprint density at radius 2 is 0.667 bits per heavy atom. The van der Waals surface area contributed by atoms with Gasteiger partial charge in [0.1, 0.15) is 0 Å². The van der Waals surface area contributed by atoms with Gasteiger partial charge in [-0.05, 0) is 0 Å². The predicted molar refractivity (Wildman–Crippen MR) is 14.4 cm³/mol. The molecule has 3 radical (unpaired) electrons. The normalized spacial score (nSPS) is 1.00. The van der Waals surface area contributed by atoms with Crippen LogP contribution in [0.4, 0.5) is 23.2 Å². The molecular weight excluding hydrogens is 107 g/mol. The Balaban J connectivity index is -0.000000000833. The third kappa shape index (κ3) is 209. The first-order chi connectivity index (χ1) is 1.00. The number of hydrogen-bond donors (Lipinski definition) is 0. The molecule has 0 aliphatic rings. The summed E-state index contributed by atoms with van der Waals surface area (Å²) in [7, 11) is 4.25. The quantitative estimate of drug-likeness (QED) is 0.411. The minimum atomic E-state index is 0. The molecule has 0 aromatic carbocycles. The molecule has 5 heteroatoms. The molecule has 6 heavy (non-hydrogen) atoms. The van der Waals surface area contributed by atoms with Gasteiger partial charge in [0.2, 0.25) is 7.18 Å². The van der Waals surface area contributed by atoms with Crippen LogP contribution in [-0.2, 0) is 0 Å². The van der Waals surface area contributed by atoms with Gasteiger partial charge in [0.25, 0.3) is 0 Å². The van der Waals surface area contributed by atoms with E-state index in [1.54, 1.807) is 0 Å². The van der Waals surface area contributed by atoms with Gasteiger partial charge >= 0.3 is 0 Å². The molecule has 0 heterocycles. The van der Waals surface area contributed by atoms with E-state index in [9.17, 15) is 0 Å². The first kappa shape index (κ1) is 289. The second-order valence-electron chi connectivity index (χ2n) is 0. The highest BCUT2D eigenvalue weighted by atomic mass is 19.1. The molecule has 0 fully saturated rings. The van der Waals surface area contributed by atoms with Gasteiger partial charge < -0.3 is 0 Å². The van der Waals surface area contributed by atoms with Crippen LogP contribution in [0.2, 0.25) is 0 Å². The third-order valence-electron chi connectivity index (χ3n) is 0. The summed E-state index contributed by atoms with van der Waals surface area (Å²) >= 11 is 0. The van der Waals surface area contributed by atoms with Crippen molar-refractivity contribution < 1.29 is 23.2 Å². The SMILES string of the molecule is F.F.F.F.[C]F. The molecule has 0 amide bonds. The van der Waals surface area contributed by atoms with E-state index in [1.807, 2.05) is 0 Å². The molecule has 0 aliphatic carbocycles. The molecule has 0 atom stereocenters. The van der Waals surface area contributed by atoms with Crippen LogP contribution in [0.5, 0.6) is 0 Å². The first-order valence-electron chi connectivity index (χ1n) is 0.189. The minimum Gasteiger partial charge on any atom is -0.269 e. The summed E-state index contributed by atoms with van der Waals surface area (Å²) in [4.78, 5) is 0. The maximum absolute atomic E-state index is 8.75. The van der Waals surface area contributed by atoms with Gasteiger partial charge in [0, 0.05) is 0 Å². The maximum Gasteiger partial charge on any atom is 0.232 e. The van der Waals surface area contributed by atoms with Gasteiger partial charge in [0.05, 0.1) is 0 Å². The zero-order valence-electron chi connectivity index (χ0n) is 2.51. The monoisotopic (exact) mass is 111 g/mol. The smallest absolute Gasteiger partial charge is 0.232 e. The summed E-state index contributed by atoms with van der Waals surface area (Å²) in [6.07, 6.45) is 0. The van der Waals surface area contributed by atoms with E-state index in [1.165, 1.54) is 0 Å². The van der Waals surface area contributed by atoms with Crippen LogP contribution in [0.15, 0.2) is 0 Å². The van der Waals surface area contributed by atoms with Crippen molar-refractivity contribution in [2.45, 2.75) is 0 Å². The second-order valence-corrected chi connectivity index (χ2v) is 0. The van der Waals surface area contributed by atoms with E-state index in [-0.39, 0.29) is 18.8 Å². The molecule has 0 unspecified atom stereocenters. The number of hydrogen-bond acceptors (Lipinski definition) is 0. The van der Waals surface area contributed by atoms with Crippen molar-refractivity contribution in [3.05, 3.63) is 7.18 Å². The number of halogens is 5. The summed E-state index contributed by atoms with van der Waals surface area (Å²) in [5.74, 6) is 0. The minimum absolute atomic E-state index is 0. The fourth-order valence-corrected chi connectivity index (χ4v) is 0. The summed E-state index contributed by atoms with van der Waals surface area (Å²) in [6.45, 7) is 0. The van der Waals surface area contributed by atoms with Crippen molar-refractivity contribution in [2.24, 2.45) is 0 Å². The molecule has 0 aromatic heterocycles. The Morgan fingerprint density at radius 3 is 0.667 bits per heavy atom. The topological polar surface area (TPSA) is 0 Å². The fourth-order valence-electron chi connectivity index (χ4n) is 0. The van der Waals surface area contributed by atoms with Gasteiger partial charge in [-0.25, -0.2) is 4.39 Å². The average Bonchev–Trinajstić information content (AvgIpc) is 1.00. The Kier molecular flexibility index (Phi) is 24400. The molecule has 0 aliphatic heterocycles. The van der Waals surface area contributed by atoms with Crippen LogP contribution >= 0.6 is 0 Å². The molecular formula is CH4F5. The molecule has 0 aromatic rings. The molecule has 0 rings (SSSR count). The Bertz CT molecular complexity index is 3.90. The molecule has 0 bridgehead atoms. The van der Waals surface area contributed by atoms with E-state index in [2.05, 4.69) is 7.18 Å². The maximum atomic E-state index is 8.75. The van der Waals surface area contributed by atoms with Crippen molar-refractivity contribution in [1.82, 2.24) is 0 Å². The highest BCUT2D eigenvalue weighted by molar-refractivity contribution is 3.64. The van der Waals surface area contributed by atoms with Crippen LogP contribution in [0.3, 0.4) is 0 Å². The van der Waals surface area contributed by atoms with Crippen molar-refractivity contribution in [1.29, 1.82) is 0 Å². The Morgan fingerprint density at radius 1 is 0.667 bits per heavy atom. The van der Waals surface area contributed by atoms with Crippen LogP contribution in [0.1, 0.15) is 0 Å². The van der Waals surface area contributed by atoms with E-state index in [4.69, 9.17) is 4.39 Å². The van der Waals surface area contributed by atoms with Gasteiger partial charge in [-0.3, -0.25) is 18.8 Å². The lowest BCUT2D eigenvalue weighted by Gasteiger charge is -1.03. The average molecular weight is 111 g/mol. The van der Waals surface area contributed by atoms with Crippen molar-refractivity contribution in [3.8, 4) is 0 Å². The van der Waals surface area contributed by atoms with Crippen LogP contribution in [0.25, 0.3) is 0 Å². The van der Waals surface area contributed by atoms with Crippen molar-refractivity contribution in [3.63, 3.8) is 0 Å². The summed E-state index contributed by atoms with van der Waals surface area (Å²) in [5, 5.41) is 0. The van der Waals surface area contributed by atoms with Gasteiger partial charge in [-0.1, -0.05) is 0 Å². The Labute approximate surface area is 31.8 Å². The highest BCUT2D eigenvalue weighted by Crippen LogP contribution is 1.27. The zero-order chi connectivity index (χ0) is 2.00. The van der Waals surface area contributed by atoms with Gasteiger partial charge in [0.15, 0.2) is 0 Å². The lowest BCUT2D eigenvalue weighted by Crippen LogP contribution is -0.764. The zero-order valence-corrected chi connectivity index (χ0v) is 2.51. The fraction of sp³-hybridized carbons (Fsp3) is 0. The first-order valence-corrected chi connectivity index (χ1v) is 0.189. The standard InChI is InChI=1S/CF.4FH/c1-2;;;;/h;4*1H. The number of rotatable bonds is 0. The van der Waals surface area contributed by atoms with Crippen LogP contribution < -0.4 is 0 Å². The molecule has 0 spiro atoms. The summed E-state index contributed by atoms with van der Waals surface area (Å²) in [6, 6.07) is 0. The van der Waals surface area contributed by atoms with Gasteiger partial charge in [-0.15, -0.1) is 0 Å². The van der Waals surface area contributed by atoms with Crippen LogP contribution in [-0.4, -0.2) is 0 Å².